The summed E-state index contributed by atoms with van der Waals surface area (Å²) in [7, 11) is 3.59. The maximum absolute atomic E-state index is 9.12. The van der Waals surface area contributed by atoms with Crippen LogP contribution >= 0.6 is 0 Å². The lowest BCUT2D eigenvalue weighted by Gasteiger charge is -2.22. The van der Waals surface area contributed by atoms with Gasteiger partial charge in [0.2, 0.25) is 0 Å². The van der Waals surface area contributed by atoms with Gasteiger partial charge in [-0.2, -0.15) is 5.26 Å². The van der Waals surface area contributed by atoms with E-state index in [2.05, 4.69) is 6.07 Å². The lowest BCUT2D eigenvalue weighted by Crippen LogP contribution is -2.27. The van der Waals surface area contributed by atoms with Crippen molar-refractivity contribution >= 4 is 0 Å². The number of nitrogens with zero attached hydrogens (tertiary/aromatic N) is 2. The van der Waals surface area contributed by atoms with Gasteiger partial charge in [0, 0.05) is 13.7 Å². The molecule has 0 aromatic heterocycles. The van der Waals surface area contributed by atoms with Crippen molar-refractivity contribution in [1.29, 1.82) is 5.26 Å². The zero-order chi connectivity index (χ0) is 11.1. The van der Waals surface area contributed by atoms with Gasteiger partial charge in [0.1, 0.15) is 6.04 Å². The molecule has 1 aromatic rings. The summed E-state index contributed by atoms with van der Waals surface area (Å²) in [5.74, 6) is 0. The summed E-state index contributed by atoms with van der Waals surface area (Å²) in [5.41, 5.74) is 1.03. The molecule has 0 radical (unpaired) electrons. The Morgan fingerprint density at radius 3 is 2.60 bits per heavy atom. The van der Waals surface area contributed by atoms with Gasteiger partial charge < -0.3 is 4.74 Å². The number of ether oxygens (including phenoxy) is 1. The number of likely N-dealkylation sites (N-methyl/N-ethyl adjacent to an activating group) is 1. The van der Waals surface area contributed by atoms with Gasteiger partial charge in [0.25, 0.3) is 0 Å². The van der Waals surface area contributed by atoms with Gasteiger partial charge in [-0.3, -0.25) is 4.90 Å². The minimum Gasteiger partial charge on any atom is -0.383 e. The number of benzene rings is 1. The zero-order valence-electron chi connectivity index (χ0n) is 9.18. The molecular formula is C12H16N2O. The molecule has 0 spiro atoms. The first kappa shape index (κ1) is 11.7. The van der Waals surface area contributed by atoms with Gasteiger partial charge in [-0.05, 0) is 12.6 Å². The molecule has 80 valence electrons. The Hall–Kier alpha value is -1.37. The molecule has 15 heavy (non-hydrogen) atoms. The Morgan fingerprint density at radius 1 is 1.40 bits per heavy atom. The van der Waals surface area contributed by atoms with Crippen molar-refractivity contribution in [2.24, 2.45) is 0 Å². The first-order valence-electron chi connectivity index (χ1n) is 4.93. The quantitative estimate of drug-likeness (QED) is 0.734. The van der Waals surface area contributed by atoms with Crippen molar-refractivity contribution in [3.63, 3.8) is 0 Å². The van der Waals surface area contributed by atoms with E-state index in [4.69, 9.17) is 10.00 Å². The van der Waals surface area contributed by atoms with Crippen LogP contribution in [0.1, 0.15) is 11.6 Å². The van der Waals surface area contributed by atoms with E-state index in [1.807, 2.05) is 42.3 Å². The van der Waals surface area contributed by atoms with Crippen molar-refractivity contribution < 1.29 is 4.74 Å². The van der Waals surface area contributed by atoms with Crippen LogP contribution < -0.4 is 0 Å². The topological polar surface area (TPSA) is 36.3 Å². The zero-order valence-corrected chi connectivity index (χ0v) is 9.18. The van der Waals surface area contributed by atoms with Crippen LogP contribution in [-0.2, 0) is 4.74 Å². The summed E-state index contributed by atoms with van der Waals surface area (Å²) in [6.07, 6.45) is 0. The van der Waals surface area contributed by atoms with Crippen LogP contribution in [-0.4, -0.2) is 32.2 Å². The highest BCUT2D eigenvalue weighted by Crippen LogP contribution is 2.17. The fourth-order valence-corrected chi connectivity index (χ4v) is 1.43. The third-order valence-electron chi connectivity index (χ3n) is 2.33. The highest BCUT2D eigenvalue weighted by atomic mass is 16.5. The third kappa shape index (κ3) is 3.35. The Labute approximate surface area is 90.9 Å². The monoisotopic (exact) mass is 204 g/mol. The van der Waals surface area contributed by atoms with Gasteiger partial charge in [0.05, 0.1) is 12.7 Å². The standard InChI is InChI=1S/C12H16N2O/c1-14(8-9-15-2)12(10-13)11-6-4-3-5-7-11/h3-7,12H,8-9H2,1-2H3. The molecule has 0 aliphatic rings. The largest absolute Gasteiger partial charge is 0.383 e. The molecular weight excluding hydrogens is 188 g/mol. The molecule has 0 saturated carbocycles. The average molecular weight is 204 g/mol. The van der Waals surface area contributed by atoms with Gasteiger partial charge in [-0.25, -0.2) is 0 Å². The molecule has 0 saturated heterocycles. The molecule has 0 amide bonds. The lowest BCUT2D eigenvalue weighted by atomic mass is 10.1. The summed E-state index contributed by atoms with van der Waals surface area (Å²) in [5, 5.41) is 9.12. The van der Waals surface area contributed by atoms with Crippen LogP contribution in [0.15, 0.2) is 30.3 Å². The molecule has 0 heterocycles. The van der Waals surface area contributed by atoms with Crippen LogP contribution in [0.4, 0.5) is 0 Å². The van der Waals surface area contributed by atoms with E-state index in [1.54, 1.807) is 7.11 Å². The number of methoxy groups -OCH3 is 1. The van der Waals surface area contributed by atoms with Crippen molar-refractivity contribution in [1.82, 2.24) is 4.90 Å². The molecule has 0 aliphatic heterocycles. The minimum absolute atomic E-state index is 0.193. The Kier molecular flexibility index (Phi) is 4.82. The fourth-order valence-electron chi connectivity index (χ4n) is 1.43. The van der Waals surface area contributed by atoms with E-state index >= 15 is 0 Å². The summed E-state index contributed by atoms with van der Waals surface area (Å²) in [6.45, 7) is 1.39. The van der Waals surface area contributed by atoms with Crippen LogP contribution in [0.3, 0.4) is 0 Å². The van der Waals surface area contributed by atoms with E-state index in [-0.39, 0.29) is 6.04 Å². The number of hydrogen-bond donors (Lipinski definition) is 0. The van der Waals surface area contributed by atoms with Crippen molar-refractivity contribution in [3.05, 3.63) is 35.9 Å². The van der Waals surface area contributed by atoms with Gasteiger partial charge in [-0.15, -0.1) is 0 Å². The number of nitriles is 1. The molecule has 0 fully saturated rings. The molecule has 0 aliphatic carbocycles. The van der Waals surface area contributed by atoms with E-state index in [0.717, 1.165) is 12.1 Å². The minimum atomic E-state index is -0.193. The third-order valence-corrected chi connectivity index (χ3v) is 2.33. The van der Waals surface area contributed by atoms with Gasteiger partial charge >= 0.3 is 0 Å². The second kappa shape index (κ2) is 6.18. The smallest absolute Gasteiger partial charge is 0.123 e. The van der Waals surface area contributed by atoms with Crippen molar-refractivity contribution in [2.75, 3.05) is 27.3 Å². The number of rotatable bonds is 5. The summed E-state index contributed by atoms with van der Waals surface area (Å²) in [4.78, 5) is 1.98. The first-order valence-corrected chi connectivity index (χ1v) is 4.93. The summed E-state index contributed by atoms with van der Waals surface area (Å²) in [6, 6.07) is 11.9. The highest BCUT2D eigenvalue weighted by Gasteiger charge is 2.14. The maximum atomic E-state index is 9.12. The van der Waals surface area contributed by atoms with E-state index in [1.165, 1.54) is 0 Å². The molecule has 1 aromatic carbocycles. The van der Waals surface area contributed by atoms with Gasteiger partial charge in [-0.1, -0.05) is 30.3 Å². The normalized spacial score (nSPS) is 12.4. The number of hydrogen-bond acceptors (Lipinski definition) is 3. The molecule has 3 heteroatoms. The molecule has 0 bridgehead atoms. The van der Waals surface area contributed by atoms with Crippen molar-refractivity contribution in [3.8, 4) is 6.07 Å². The van der Waals surface area contributed by atoms with Crippen LogP contribution in [0.5, 0.6) is 0 Å². The van der Waals surface area contributed by atoms with Gasteiger partial charge in [0.15, 0.2) is 0 Å². The molecule has 1 unspecified atom stereocenters. The highest BCUT2D eigenvalue weighted by molar-refractivity contribution is 5.23. The van der Waals surface area contributed by atoms with Crippen molar-refractivity contribution in [2.45, 2.75) is 6.04 Å². The first-order chi connectivity index (χ1) is 7.29. The molecule has 1 atom stereocenters. The lowest BCUT2D eigenvalue weighted by molar-refractivity contribution is 0.151. The molecule has 0 N–H and O–H groups in total. The fraction of sp³-hybridized carbons (Fsp3) is 0.417. The summed E-state index contributed by atoms with van der Waals surface area (Å²) >= 11 is 0. The predicted octanol–water partition coefficient (Wildman–Crippen LogP) is 1.83. The second-order valence-electron chi connectivity index (χ2n) is 3.42. The predicted molar refractivity (Wildman–Crippen MR) is 59.3 cm³/mol. The Balaban J connectivity index is 2.68. The maximum Gasteiger partial charge on any atom is 0.123 e. The van der Waals surface area contributed by atoms with E-state index in [0.29, 0.717) is 6.61 Å². The van der Waals surface area contributed by atoms with Crippen LogP contribution in [0.25, 0.3) is 0 Å². The second-order valence-corrected chi connectivity index (χ2v) is 3.42. The molecule has 1 rings (SSSR count). The van der Waals surface area contributed by atoms with E-state index < -0.39 is 0 Å². The Bertz CT molecular complexity index is 318. The Morgan fingerprint density at radius 2 is 2.07 bits per heavy atom. The SMILES string of the molecule is COCCN(C)C(C#N)c1ccccc1. The van der Waals surface area contributed by atoms with Crippen LogP contribution in [0, 0.1) is 11.3 Å². The van der Waals surface area contributed by atoms with Crippen LogP contribution in [0.2, 0.25) is 0 Å². The average Bonchev–Trinajstić information content (AvgIpc) is 2.29. The summed E-state index contributed by atoms with van der Waals surface area (Å²) < 4.78 is 4.99. The van der Waals surface area contributed by atoms with E-state index in [9.17, 15) is 0 Å². The molecule has 3 nitrogen and oxygen atoms in total.